The summed E-state index contributed by atoms with van der Waals surface area (Å²) in [6, 6.07) is 24.9. The first-order chi connectivity index (χ1) is 20.0. The number of hydrogen-bond donors (Lipinski definition) is 0. The SMILES string of the molecule is COCc1c(OC(=O)OC(C)C)ncc2c1c1c(OCc3ccccc3)cccc1n2C(=O)C=Cc1ccccc1. The summed E-state index contributed by atoms with van der Waals surface area (Å²) in [6.07, 6.45) is 3.55. The van der Waals surface area contributed by atoms with E-state index >= 15 is 0 Å². The van der Waals surface area contributed by atoms with Gasteiger partial charge in [-0.1, -0.05) is 66.7 Å². The van der Waals surface area contributed by atoms with Crippen LogP contribution in [0.3, 0.4) is 0 Å². The average Bonchev–Trinajstić information content (AvgIpc) is 3.32. The predicted octanol–water partition coefficient (Wildman–Crippen LogP) is 7.19. The first-order valence-corrected chi connectivity index (χ1v) is 13.2. The number of nitrogens with zero attached hydrogens (tertiary/aromatic N) is 2. The monoisotopic (exact) mass is 550 g/mol. The van der Waals surface area contributed by atoms with Crippen LogP contribution in [0.5, 0.6) is 11.6 Å². The van der Waals surface area contributed by atoms with Crippen molar-refractivity contribution in [2.45, 2.75) is 33.2 Å². The zero-order valence-electron chi connectivity index (χ0n) is 23.1. The van der Waals surface area contributed by atoms with Gasteiger partial charge in [0.05, 0.1) is 40.9 Å². The molecule has 0 spiro atoms. The summed E-state index contributed by atoms with van der Waals surface area (Å²) in [6.45, 7) is 3.84. The van der Waals surface area contributed by atoms with Crippen molar-refractivity contribution in [1.29, 1.82) is 0 Å². The zero-order valence-corrected chi connectivity index (χ0v) is 23.1. The highest BCUT2D eigenvalue weighted by Crippen LogP contribution is 2.40. The molecule has 0 unspecified atom stereocenters. The third-order valence-corrected chi connectivity index (χ3v) is 6.33. The van der Waals surface area contributed by atoms with Crippen LogP contribution in [0.25, 0.3) is 27.9 Å². The highest BCUT2D eigenvalue weighted by atomic mass is 16.7. The van der Waals surface area contributed by atoms with Gasteiger partial charge in [0.25, 0.3) is 5.91 Å². The molecule has 208 valence electrons. The van der Waals surface area contributed by atoms with E-state index in [4.69, 9.17) is 18.9 Å². The van der Waals surface area contributed by atoms with Gasteiger partial charge in [-0.05, 0) is 43.2 Å². The van der Waals surface area contributed by atoms with E-state index in [1.54, 1.807) is 24.5 Å². The van der Waals surface area contributed by atoms with Crippen molar-refractivity contribution in [2.75, 3.05) is 7.11 Å². The van der Waals surface area contributed by atoms with E-state index < -0.39 is 6.16 Å². The van der Waals surface area contributed by atoms with Gasteiger partial charge < -0.3 is 18.9 Å². The Labute approximate surface area is 237 Å². The highest BCUT2D eigenvalue weighted by molar-refractivity contribution is 6.18. The minimum atomic E-state index is -0.879. The highest BCUT2D eigenvalue weighted by Gasteiger charge is 2.25. The quantitative estimate of drug-likeness (QED) is 0.142. The van der Waals surface area contributed by atoms with Crippen molar-refractivity contribution in [2.24, 2.45) is 0 Å². The number of benzene rings is 3. The van der Waals surface area contributed by atoms with Gasteiger partial charge in [-0.25, -0.2) is 9.78 Å². The molecule has 0 amide bonds. The molecule has 2 heterocycles. The molecular weight excluding hydrogens is 520 g/mol. The van der Waals surface area contributed by atoms with Crippen LogP contribution in [0.15, 0.2) is 91.1 Å². The van der Waals surface area contributed by atoms with Gasteiger partial charge in [-0.2, -0.15) is 0 Å². The maximum atomic E-state index is 13.7. The topological polar surface area (TPSA) is 88.9 Å². The molecule has 41 heavy (non-hydrogen) atoms. The Bertz CT molecular complexity index is 1710. The van der Waals surface area contributed by atoms with Gasteiger partial charge in [0.1, 0.15) is 12.4 Å². The van der Waals surface area contributed by atoms with E-state index in [0.29, 0.717) is 39.7 Å². The van der Waals surface area contributed by atoms with Crippen LogP contribution < -0.4 is 9.47 Å². The number of rotatable bonds is 9. The Morgan fingerprint density at radius 1 is 0.878 bits per heavy atom. The van der Waals surface area contributed by atoms with Crippen molar-refractivity contribution in [3.05, 3.63) is 108 Å². The summed E-state index contributed by atoms with van der Waals surface area (Å²) in [5, 5.41) is 1.31. The van der Waals surface area contributed by atoms with Crippen LogP contribution in [0, 0.1) is 0 Å². The number of methoxy groups -OCH3 is 1. The minimum absolute atomic E-state index is 0.0363. The smallest absolute Gasteiger partial charge is 0.488 e. The molecule has 0 radical (unpaired) electrons. The van der Waals surface area contributed by atoms with Crippen molar-refractivity contribution in [1.82, 2.24) is 9.55 Å². The summed E-state index contributed by atoms with van der Waals surface area (Å²) >= 11 is 0. The summed E-state index contributed by atoms with van der Waals surface area (Å²) in [7, 11) is 1.54. The number of ether oxygens (including phenoxy) is 4. The molecule has 8 heteroatoms. The molecule has 0 saturated carbocycles. The molecule has 0 aliphatic rings. The summed E-state index contributed by atoms with van der Waals surface area (Å²) in [5.41, 5.74) is 3.52. The molecule has 8 nitrogen and oxygen atoms in total. The first kappa shape index (κ1) is 27.6. The van der Waals surface area contributed by atoms with Gasteiger partial charge >= 0.3 is 6.16 Å². The molecule has 5 rings (SSSR count). The Morgan fingerprint density at radius 3 is 2.32 bits per heavy atom. The number of fused-ring (bicyclic) bond motifs is 3. The number of carbonyl (C=O) groups is 2. The lowest BCUT2D eigenvalue weighted by Gasteiger charge is -2.13. The van der Waals surface area contributed by atoms with Crippen LogP contribution in [0.1, 0.15) is 35.3 Å². The van der Waals surface area contributed by atoms with E-state index in [0.717, 1.165) is 11.1 Å². The van der Waals surface area contributed by atoms with E-state index in [2.05, 4.69) is 4.98 Å². The summed E-state index contributed by atoms with van der Waals surface area (Å²) < 4.78 is 24.1. The van der Waals surface area contributed by atoms with Crippen LogP contribution in [0.2, 0.25) is 0 Å². The van der Waals surface area contributed by atoms with E-state index in [9.17, 15) is 9.59 Å². The molecule has 3 aromatic carbocycles. The molecule has 0 N–H and O–H groups in total. The lowest BCUT2D eigenvalue weighted by molar-refractivity contribution is 0.0704. The Kier molecular flexibility index (Phi) is 8.41. The standard InChI is InChI=1S/C33H30N2O6/c1-22(2)40-33(37)41-32-25(21-38-3)30-27(19-34-32)35(29(36)18-17-23-11-6-4-7-12-23)26-15-10-16-28(31(26)30)39-20-24-13-8-5-9-14-24/h4-19,22H,20-21H2,1-3H3. The second-order valence-electron chi connectivity index (χ2n) is 9.60. The van der Waals surface area contributed by atoms with Gasteiger partial charge in [0.2, 0.25) is 5.88 Å². The largest absolute Gasteiger partial charge is 0.515 e. The van der Waals surface area contributed by atoms with Crippen molar-refractivity contribution < 1.29 is 28.5 Å². The van der Waals surface area contributed by atoms with E-state index in [-0.39, 0.29) is 24.5 Å². The van der Waals surface area contributed by atoms with Crippen molar-refractivity contribution in [3.8, 4) is 11.6 Å². The fourth-order valence-corrected chi connectivity index (χ4v) is 4.62. The molecule has 5 aromatic rings. The van der Waals surface area contributed by atoms with E-state index in [1.165, 1.54) is 19.4 Å². The number of hydrogen-bond acceptors (Lipinski definition) is 7. The van der Waals surface area contributed by atoms with Gasteiger partial charge in [0.15, 0.2) is 0 Å². The number of carbonyl (C=O) groups excluding carboxylic acids is 2. The summed E-state index contributed by atoms with van der Waals surface area (Å²) in [5.74, 6) is 0.329. The minimum Gasteiger partial charge on any atom is -0.488 e. The van der Waals surface area contributed by atoms with Gasteiger partial charge in [-0.3, -0.25) is 9.36 Å². The Balaban J connectivity index is 1.69. The average molecular weight is 551 g/mol. The number of pyridine rings is 1. The molecule has 0 fully saturated rings. The van der Waals surface area contributed by atoms with Crippen LogP contribution in [0.4, 0.5) is 4.79 Å². The second kappa shape index (κ2) is 12.5. The lowest BCUT2D eigenvalue weighted by Crippen LogP contribution is -2.17. The Hall–Kier alpha value is -4.95. The van der Waals surface area contributed by atoms with Crippen LogP contribution in [-0.2, 0) is 22.7 Å². The predicted molar refractivity (Wildman–Crippen MR) is 157 cm³/mol. The van der Waals surface area contributed by atoms with Crippen molar-refractivity contribution >= 4 is 39.9 Å². The van der Waals surface area contributed by atoms with E-state index in [1.807, 2.05) is 78.9 Å². The molecule has 0 bridgehead atoms. The molecule has 0 saturated heterocycles. The first-order valence-electron chi connectivity index (χ1n) is 13.2. The lowest BCUT2D eigenvalue weighted by atomic mass is 10.1. The van der Waals surface area contributed by atoms with Crippen LogP contribution in [-0.4, -0.2) is 34.8 Å². The molecule has 0 aliphatic heterocycles. The number of allylic oxidation sites excluding steroid dienone is 1. The fourth-order valence-electron chi connectivity index (χ4n) is 4.62. The van der Waals surface area contributed by atoms with Gasteiger partial charge in [0, 0.05) is 18.6 Å². The Morgan fingerprint density at radius 2 is 1.61 bits per heavy atom. The molecular formula is C33H30N2O6. The third-order valence-electron chi connectivity index (χ3n) is 6.33. The molecule has 0 aliphatic carbocycles. The van der Waals surface area contributed by atoms with Crippen molar-refractivity contribution in [3.63, 3.8) is 0 Å². The fraction of sp³-hybridized carbons (Fsp3) is 0.182. The maximum Gasteiger partial charge on any atom is 0.515 e. The normalized spacial score (nSPS) is 11.4. The summed E-state index contributed by atoms with van der Waals surface area (Å²) in [4.78, 5) is 30.6. The molecule has 0 atom stereocenters. The van der Waals surface area contributed by atoms with Crippen LogP contribution >= 0.6 is 0 Å². The maximum absolute atomic E-state index is 13.7. The molecule has 2 aromatic heterocycles. The van der Waals surface area contributed by atoms with Gasteiger partial charge in [-0.15, -0.1) is 0 Å². The number of aromatic nitrogens is 2. The zero-order chi connectivity index (χ0) is 28.8. The second-order valence-corrected chi connectivity index (χ2v) is 9.60. The third kappa shape index (κ3) is 6.13.